The van der Waals surface area contributed by atoms with E-state index in [1.807, 2.05) is 6.92 Å². The summed E-state index contributed by atoms with van der Waals surface area (Å²) >= 11 is 0. The largest absolute Gasteiger partial charge is 0.507 e. The second kappa shape index (κ2) is 7.99. The molecule has 7 nitrogen and oxygen atoms in total. The molecule has 0 radical (unpaired) electrons. The molecular formula is C20H21NO6. The minimum Gasteiger partial charge on any atom is -0.507 e. The highest BCUT2D eigenvalue weighted by molar-refractivity contribution is 6.27. The third-order valence-electron chi connectivity index (χ3n) is 4.59. The van der Waals surface area contributed by atoms with E-state index in [9.17, 15) is 24.3 Å². The van der Waals surface area contributed by atoms with Crippen LogP contribution in [-0.4, -0.2) is 33.5 Å². The number of aromatic hydroxyl groups is 1. The number of fused-ring (bicyclic) bond motifs is 1. The highest BCUT2D eigenvalue weighted by atomic mass is 16.4. The van der Waals surface area contributed by atoms with E-state index >= 15 is 0 Å². The molecule has 27 heavy (non-hydrogen) atoms. The molecule has 0 fully saturated rings. The molecular weight excluding hydrogens is 350 g/mol. The molecule has 0 aromatic heterocycles. The second-order valence-corrected chi connectivity index (χ2v) is 6.46. The zero-order chi connectivity index (χ0) is 20.3. The van der Waals surface area contributed by atoms with E-state index in [0.717, 1.165) is 12.2 Å². The molecule has 1 aliphatic rings. The van der Waals surface area contributed by atoms with Crippen LogP contribution in [0.3, 0.4) is 0 Å². The van der Waals surface area contributed by atoms with E-state index in [-0.39, 0.29) is 40.5 Å². The number of phenols is 1. The van der Waals surface area contributed by atoms with E-state index in [2.05, 4.69) is 0 Å². The fourth-order valence-corrected chi connectivity index (χ4v) is 3.04. The van der Waals surface area contributed by atoms with Crippen molar-refractivity contribution in [3.63, 3.8) is 0 Å². The summed E-state index contributed by atoms with van der Waals surface area (Å²) in [7, 11) is 0. The number of carbonyl (C=O) groups excluding carboxylic acids is 3. The van der Waals surface area contributed by atoms with E-state index in [1.54, 1.807) is 0 Å². The summed E-state index contributed by atoms with van der Waals surface area (Å²) in [6, 6.07) is 1.35. The Balaban J connectivity index is 2.38. The lowest BCUT2D eigenvalue weighted by Crippen LogP contribution is -2.24. The first-order valence-corrected chi connectivity index (χ1v) is 8.54. The van der Waals surface area contributed by atoms with Gasteiger partial charge in [-0.05, 0) is 37.3 Å². The van der Waals surface area contributed by atoms with Gasteiger partial charge in [-0.25, -0.2) is 4.79 Å². The molecule has 1 aromatic rings. The summed E-state index contributed by atoms with van der Waals surface area (Å²) < 4.78 is 0. The molecule has 1 atom stereocenters. The Morgan fingerprint density at radius 3 is 2.56 bits per heavy atom. The standard InChI is InChI=1S/C20H21NO6/c1-3-11(5-7-16(24)25)4-6-14(22)18-17-12(8-10(2)19(18)26)20(27)13(21)9-15(17)23/h5,7-9,11,26H,3-4,6,21H2,1-2H3,(H,24,25)/b7-5+/t11-/m1/s1. The molecule has 2 rings (SSSR count). The zero-order valence-electron chi connectivity index (χ0n) is 15.1. The van der Waals surface area contributed by atoms with Crippen molar-refractivity contribution < 1.29 is 29.4 Å². The van der Waals surface area contributed by atoms with Crippen LogP contribution in [0.25, 0.3) is 0 Å². The van der Waals surface area contributed by atoms with Gasteiger partial charge >= 0.3 is 5.97 Å². The van der Waals surface area contributed by atoms with Gasteiger partial charge in [-0.3, -0.25) is 14.4 Å². The highest BCUT2D eigenvalue weighted by Crippen LogP contribution is 2.34. The van der Waals surface area contributed by atoms with Crippen molar-refractivity contribution in [3.8, 4) is 5.75 Å². The number of aryl methyl sites for hydroxylation is 1. The van der Waals surface area contributed by atoms with Gasteiger partial charge in [-0.15, -0.1) is 0 Å². The number of hydrogen-bond acceptors (Lipinski definition) is 6. The fourth-order valence-electron chi connectivity index (χ4n) is 3.04. The number of carboxylic acid groups (broad SMARTS) is 1. The normalized spacial score (nSPS) is 14.8. The van der Waals surface area contributed by atoms with Crippen LogP contribution in [0.4, 0.5) is 0 Å². The van der Waals surface area contributed by atoms with Gasteiger partial charge in [0, 0.05) is 29.7 Å². The molecule has 1 aliphatic carbocycles. The number of aliphatic carboxylic acids is 1. The van der Waals surface area contributed by atoms with Crippen molar-refractivity contribution in [1.29, 1.82) is 0 Å². The van der Waals surface area contributed by atoms with Crippen molar-refractivity contribution in [2.24, 2.45) is 11.7 Å². The number of carboxylic acids is 1. The number of carbonyl (C=O) groups is 4. The monoisotopic (exact) mass is 371 g/mol. The van der Waals surface area contributed by atoms with Crippen molar-refractivity contribution >= 4 is 23.3 Å². The smallest absolute Gasteiger partial charge is 0.327 e. The number of ketones is 3. The summed E-state index contributed by atoms with van der Waals surface area (Å²) in [4.78, 5) is 48.0. The molecule has 0 unspecified atom stereocenters. The third-order valence-corrected chi connectivity index (χ3v) is 4.59. The summed E-state index contributed by atoms with van der Waals surface area (Å²) in [5, 5.41) is 19.1. The molecule has 4 N–H and O–H groups in total. The van der Waals surface area contributed by atoms with E-state index in [4.69, 9.17) is 10.8 Å². The Morgan fingerprint density at radius 2 is 1.96 bits per heavy atom. The van der Waals surface area contributed by atoms with Gasteiger partial charge in [0.25, 0.3) is 0 Å². The van der Waals surface area contributed by atoms with Gasteiger partial charge in [0.05, 0.1) is 11.3 Å². The molecule has 142 valence electrons. The molecule has 0 amide bonds. The molecule has 0 saturated carbocycles. The number of phenolic OH excluding ortho intramolecular Hbond substituents is 1. The summed E-state index contributed by atoms with van der Waals surface area (Å²) in [6.07, 6.45) is 4.47. The average Bonchev–Trinajstić information content (AvgIpc) is 2.61. The minimum atomic E-state index is -1.07. The number of rotatable bonds is 7. The first-order chi connectivity index (χ1) is 12.7. The average molecular weight is 371 g/mol. The summed E-state index contributed by atoms with van der Waals surface area (Å²) in [5.41, 5.74) is 5.35. The van der Waals surface area contributed by atoms with Crippen LogP contribution in [-0.2, 0) is 4.79 Å². The maximum absolute atomic E-state index is 12.8. The number of allylic oxidation sites excluding steroid dienone is 3. The van der Waals surface area contributed by atoms with Gasteiger partial charge in [0.1, 0.15) is 5.75 Å². The Labute approximate surface area is 156 Å². The Kier molecular flexibility index (Phi) is 5.95. The molecule has 0 heterocycles. The number of Topliss-reactive ketones (excluding diaryl/α,β-unsaturated/α-hetero) is 2. The van der Waals surface area contributed by atoms with Crippen LogP contribution in [0.2, 0.25) is 0 Å². The number of benzene rings is 1. The fraction of sp³-hybridized carbons (Fsp3) is 0.300. The summed E-state index contributed by atoms with van der Waals surface area (Å²) in [6.45, 7) is 3.40. The highest BCUT2D eigenvalue weighted by Gasteiger charge is 2.32. The second-order valence-electron chi connectivity index (χ2n) is 6.46. The Bertz CT molecular complexity index is 894. The minimum absolute atomic E-state index is 0.00736. The molecule has 7 heteroatoms. The molecule has 0 aliphatic heterocycles. The summed E-state index contributed by atoms with van der Waals surface area (Å²) in [5.74, 6) is -3.18. The zero-order valence-corrected chi connectivity index (χ0v) is 15.1. The van der Waals surface area contributed by atoms with Crippen molar-refractivity contribution in [2.75, 3.05) is 0 Å². The Morgan fingerprint density at radius 1 is 1.30 bits per heavy atom. The van der Waals surface area contributed by atoms with Gasteiger partial charge < -0.3 is 15.9 Å². The topological polar surface area (TPSA) is 135 Å². The maximum Gasteiger partial charge on any atom is 0.327 e. The lowest BCUT2D eigenvalue weighted by Gasteiger charge is -2.19. The molecule has 0 bridgehead atoms. The lowest BCUT2D eigenvalue weighted by molar-refractivity contribution is -0.131. The van der Waals surface area contributed by atoms with Crippen LogP contribution < -0.4 is 5.73 Å². The van der Waals surface area contributed by atoms with E-state index < -0.39 is 23.3 Å². The first-order valence-electron chi connectivity index (χ1n) is 8.54. The lowest BCUT2D eigenvalue weighted by atomic mass is 9.84. The van der Waals surface area contributed by atoms with Crippen molar-refractivity contribution in [2.45, 2.75) is 33.1 Å². The van der Waals surface area contributed by atoms with Gasteiger partial charge in [-0.2, -0.15) is 0 Å². The molecule has 1 aromatic carbocycles. The maximum atomic E-state index is 12.8. The predicted molar refractivity (Wildman–Crippen MR) is 97.9 cm³/mol. The van der Waals surface area contributed by atoms with Crippen molar-refractivity contribution in [3.05, 3.63) is 52.2 Å². The van der Waals surface area contributed by atoms with Crippen LogP contribution in [0, 0.1) is 12.8 Å². The third kappa shape index (κ3) is 4.13. The van der Waals surface area contributed by atoms with Crippen LogP contribution in [0.15, 0.2) is 30.0 Å². The SMILES string of the molecule is CC[C@@H](/C=C/C(=O)O)CCC(=O)c1c(O)c(C)cc2c1C(=O)C=C(N)C2=O. The van der Waals surface area contributed by atoms with E-state index in [0.29, 0.717) is 18.4 Å². The van der Waals surface area contributed by atoms with Gasteiger partial charge in [0.2, 0.25) is 5.78 Å². The number of hydrogen-bond donors (Lipinski definition) is 3. The van der Waals surface area contributed by atoms with Crippen LogP contribution in [0.5, 0.6) is 5.75 Å². The predicted octanol–water partition coefficient (Wildman–Crippen LogP) is 2.55. The van der Waals surface area contributed by atoms with Gasteiger partial charge in [0.15, 0.2) is 11.6 Å². The van der Waals surface area contributed by atoms with Crippen LogP contribution in [0.1, 0.15) is 62.8 Å². The van der Waals surface area contributed by atoms with Gasteiger partial charge in [-0.1, -0.05) is 13.0 Å². The molecule has 0 spiro atoms. The van der Waals surface area contributed by atoms with Crippen LogP contribution >= 0.6 is 0 Å². The van der Waals surface area contributed by atoms with E-state index in [1.165, 1.54) is 19.1 Å². The first kappa shape index (κ1) is 20.1. The quantitative estimate of drug-likeness (QED) is 0.495. The molecule has 0 saturated heterocycles. The Hall–Kier alpha value is -3.22. The van der Waals surface area contributed by atoms with Crippen molar-refractivity contribution in [1.82, 2.24) is 0 Å². The number of nitrogens with two attached hydrogens (primary N) is 1.